The normalized spacial score (nSPS) is 11.3. The number of sulfonamides is 1. The fraction of sp³-hybridized carbons (Fsp3) is 0.125. The predicted octanol–water partition coefficient (Wildman–Crippen LogP) is 1.97. The van der Waals surface area contributed by atoms with Crippen molar-refractivity contribution in [2.75, 3.05) is 5.32 Å². The molecule has 0 radical (unpaired) electrons. The Morgan fingerprint density at radius 2 is 1.88 bits per heavy atom. The summed E-state index contributed by atoms with van der Waals surface area (Å²) in [7, 11) is -3.70. The summed E-state index contributed by atoms with van der Waals surface area (Å²) in [5, 5.41) is 11.4. The molecule has 2 N–H and O–H groups in total. The average Bonchev–Trinajstić information content (AvgIpc) is 3.06. The highest BCUT2D eigenvalue weighted by Crippen LogP contribution is 2.16. The van der Waals surface area contributed by atoms with Crippen LogP contribution in [0, 0.1) is 6.92 Å². The number of nitrogens with one attached hydrogen (secondary N) is 2. The van der Waals surface area contributed by atoms with Crippen LogP contribution in [0.1, 0.15) is 21.1 Å². The number of carbonyl (C=O) groups excluding carboxylic acids is 1. The molecule has 10 heteroatoms. The zero-order chi connectivity index (χ0) is 18.6. The number of aromatic nitrogens is 3. The van der Waals surface area contributed by atoms with Crippen molar-refractivity contribution >= 4 is 32.4 Å². The Kier molecular flexibility index (Phi) is 5.35. The summed E-state index contributed by atoms with van der Waals surface area (Å²) in [5.41, 5.74) is 0.931. The number of rotatable bonds is 6. The zero-order valence-electron chi connectivity index (χ0n) is 13.7. The van der Waals surface area contributed by atoms with E-state index in [0.717, 1.165) is 5.01 Å². The molecule has 3 aromatic rings. The third kappa shape index (κ3) is 4.48. The lowest BCUT2D eigenvalue weighted by Gasteiger charge is -2.07. The maximum absolute atomic E-state index is 12.3. The minimum absolute atomic E-state index is 0.0664. The van der Waals surface area contributed by atoms with Gasteiger partial charge in [-0.05, 0) is 43.3 Å². The van der Waals surface area contributed by atoms with E-state index in [1.807, 2.05) is 0 Å². The van der Waals surface area contributed by atoms with E-state index in [4.69, 9.17) is 0 Å². The van der Waals surface area contributed by atoms with E-state index in [0.29, 0.717) is 16.4 Å². The van der Waals surface area contributed by atoms with Gasteiger partial charge in [-0.1, -0.05) is 17.4 Å². The van der Waals surface area contributed by atoms with Crippen molar-refractivity contribution in [2.45, 2.75) is 18.4 Å². The first kappa shape index (κ1) is 18.1. The van der Waals surface area contributed by atoms with Crippen molar-refractivity contribution < 1.29 is 13.2 Å². The molecule has 0 saturated carbocycles. The van der Waals surface area contributed by atoms with Crippen LogP contribution in [0.3, 0.4) is 0 Å². The highest BCUT2D eigenvalue weighted by atomic mass is 32.2. The number of aryl methyl sites for hydroxylation is 1. The van der Waals surface area contributed by atoms with Crippen LogP contribution < -0.4 is 10.0 Å². The monoisotopic (exact) mass is 389 g/mol. The number of anilines is 1. The lowest BCUT2D eigenvalue weighted by molar-refractivity contribution is 0.102. The third-order valence-electron chi connectivity index (χ3n) is 3.34. The quantitative estimate of drug-likeness (QED) is 0.666. The molecule has 0 saturated heterocycles. The van der Waals surface area contributed by atoms with Gasteiger partial charge in [0.15, 0.2) is 0 Å². The smallest absolute Gasteiger partial charge is 0.257 e. The molecule has 1 amide bonds. The lowest BCUT2D eigenvalue weighted by Crippen LogP contribution is -2.23. The van der Waals surface area contributed by atoms with Crippen LogP contribution in [0.4, 0.5) is 5.13 Å². The van der Waals surface area contributed by atoms with Crippen molar-refractivity contribution in [3.63, 3.8) is 0 Å². The van der Waals surface area contributed by atoms with Gasteiger partial charge in [0.05, 0.1) is 17.1 Å². The maximum atomic E-state index is 12.3. The van der Waals surface area contributed by atoms with Crippen LogP contribution in [0.2, 0.25) is 0 Å². The van der Waals surface area contributed by atoms with Gasteiger partial charge in [-0.25, -0.2) is 13.1 Å². The molecule has 0 aliphatic carbocycles. The molecular weight excluding hydrogens is 374 g/mol. The highest BCUT2D eigenvalue weighted by Gasteiger charge is 2.15. The minimum atomic E-state index is -3.70. The maximum Gasteiger partial charge on any atom is 0.257 e. The predicted molar refractivity (Wildman–Crippen MR) is 97.3 cm³/mol. The molecule has 2 aromatic heterocycles. The Balaban J connectivity index is 1.67. The summed E-state index contributed by atoms with van der Waals surface area (Å²) in [5.74, 6) is -0.383. The van der Waals surface area contributed by atoms with Crippen LogP contribution in [-0.2, 0) is 16.6 Å². The second kappa shape index (κ2) is 7.68. The largest absolute Gasteiger partial charge is 0.296 e. The topological polar surface area (TPSA) is 114 Å². The summed E-state index contributed by atoms with van der Waals surface area (Å²) in [6, 6.07) is 10.9. The number of hydrogen-bond donors (Lipinski definition) is 2. The zero-order valence-corrected chi connectivity index (χ0v) is 15.3. The van der Waals surface area contributed by atoms with E-state index in [1.165, 1.54) is 35.6 Å². The fourth-order valence-corrected chi connectivity index (χ4v) is 3.64. The summed E-state index contributed by atoms with van der Waals surface area (Å²) in [6.07, 6.45) is 1.59. The SMILES string of the molecule is Cc1nnc(NC(=O)c2ccc(S(=O)(=O)NCc3ccccn3)cc2)s1. The van der Waals surface area contributed by atoms with Crippen LogP contribution in [0.25, 0.3) is 0 Å². The number of benzene rings is 1. The first-order valence-electron chi connectivity index (χ1n) is 7.55. The van der Waals surface area contributed by atoms with Gasteiger partial charge >= 0.3 is 0 Å². The number of carbonyl (C=O) groups is 1. The molecule has 8 nitrogen and oxygen atoms in total. The fourth-order valence-electron chi connectivity index (χ4n) is 2.06. The number of nitrogens with zero attached hydrogens (tertiary/aromatic N) is 3. The second-order valence-corrected chi connectivity index (χ2v) is 8.20. The van der Waals surface area contributed by atoms with E-state index in [2.05, 4.69) is 25.2 Å². The summed E-state index contributed by atoms with van der Waals surface area (Å²) in [4.78, 5) is 16.3. The average molecular weight is 389 g/mol. The van der Waals surface area contributed by atoms with Crippen LogP contribution >= 0.6 is 11.3 Å². The van der Waals surface area contributed by atoms with E-state index < -0.39 is 10.0 Å². The van der Waals surface area contributed by atoms with E-state index in [9.17, 15) is 13.2 Å². The van der Waals surface area contributed by atoms with Crippen molar-refractivity contribution in [1.29, 1.82) is 0 Å². The first-order valence-corrected chi connectivity index (χ1v) is 9.85. The Bertz CT molecular complexity index is 1000. The lowest BCUT2D eigenvalue weighted by atomic mass is 10.2. The van der Waals surface area contributed by atoms with E-state index in [-0.39, 0.29) is 17.3 Å². The first-order chi connectivity index (χ1) is 12.4. The molecule has 0 atom stereocenters. The summed E-state index contributed by atoms with van der Waals surface area (Å²) >= 11 is 1.26. The van der Waals surface area contributed by atoms with Crippen molar-refractivity contribution in [3.8, 4) is 0 Å². The van der Waals surface area contributed by atoms with Gasteiger partial charge in [-0.15, -0.1) is 10.2 Å². The molecule has 1 aromatic carbocycles. The van der Waals surface area contributed by atoms with Crippen molar-refractivity contribution in [3.05, 3.63) is 64.9 Å². The van der Waals surface area contributed by atoms with Gasteiger partial charge in [-0.3, -0.25) is 15.1 Å². The summed E-state index contributed by atoms with van der Waals surface area (Å²) < 4.78 is 27.1. The van der Waals surface area contributed by atoms with E-state index in [1.54, 1.807) is 31.3 Å². The number of hydrogen-bond acceptors (Lipinski definition) is 7. The standard InChI is InChI=1S/C16H15N5O3S2/c1-11-20-21-16(25-11)19-15(22)12-5-7-14(8-6-12)26(23,24)18-10-13-4-2-3-9-17-13/h2-9,18H,10H2,1H3,(H,19,21,22). The molecule has 0 bridgehead atoms. The highest BCUT2D eigenvalue weighted by molar-refractivity contribution is 7.89. The third-order valence-corrected chi connectivity index (χ3v) is 5.51. The molecule has 0 aliphatic rings. The van der Waals surface area contributed by atoms with Crippen LogP contribution in [-0.4, -0.2) is 29.5 Å². The molecule has 0 spiro atoms. The molecule has 0 aliphatic heterocycles. The van der Waals surface area contributed by atoms with Gasteiger partial charge in [-0.2, -0.15) is 0 Å². The van der Waals surface area contributed by atoms with Gasteiger partial charge < -0.3 is 0 Å². The van der Waals surface area contributed by atoms with Crippen LogP contribution in [0.15, 0.2) is 53.6 Å². The molecule has 0 fully saturated rings. The molecule has 134 valence electrons. The van der Waals surface area contributed by atoms with E-state index >= 15 is 0 Å². The molecule has 2 heterocycles. The molecule has 0 unspecified atom stereocenters. The second-order valence-electron chi connectivity index (χ2n) is 5.25. The molecule has 3 rings (SSSR count). The minimum Gasteiger partial charge on any atom is -0.296 e. The van der Waals surface area contributed by atoms with Crippen molar-refractivity contribution in [1.82, 2.24) is 19.9 Å². The summed E-state index contributed by atoms with van der Waals surface area (Å²) in [6.45, 7) is 1.87. The Morgan fingerprint density at radius 1 is 1.12 bits per heavy atom. The van der Waals surface area contributed by atoms with Crippen molar-refractivity contribution in [2.24, 2.45) is 0 Å². The Morgan fingerprint density at radius 3 is 2.50 bits per heavy atom. The Labute approximate surface area is 154 Å². The number of amides is 1. The Hall–Kier alpha value is -2.69. The molecule has 26 heavy (non-hydrogen) atoms. The van der Waals surface area contributed by atoms with Gasteiger partial charge in [0, 0.05) is 11.8 Å². The molecular formula is C16H15N5O3S2. The van der Waals surface area contributed by atoms with Gasteiger partial charge in [0.1, 0.15) is 5.01 Å². The number of pyridine rings is 1. The van der Waals surface area contributed by atoms with Gasteiger partial charge in [0.25, 0.3) is 5.91 Å². The van der Waals surface area contributed by atoms with Crippen LogP contribution in [0.5, 0.6) is 0 Å². The van der Waals surface area contributed by atoms with Gasteiger partial charge in [0.2, 0.25) is 15.2 Å².